The Morgan fingerprint density at radius 2 is 1.52 bits per heavy atom. The molecule has 0 fully saturated rings. The fraction of sp³-hybridized carbons (Fsp3) is 0.649. The van der Waals surface area contributed by atoms with Crippen LogP contribution in [0.15, 0.2) is 18.2 Å². The summed E-state index contributed by atoms with van der Waals surface area (Å²) in [5.41, 5.74) is 4.19. The Bertz CT molecular complexity index is 1200. The van der Waals surface area contributed by atoms with Crippen molar-refractivity contribution in [2.45, 2.75) is 132 Å². The average Bonchev–Trinajstić information content (AvgIpc) is 2.91. The molecule has 0 bridgehead atoms. The van der Waals surface area contributed by atoms with Gasteiger partial charge in [0.15, 0.2) is 6.61 Å². The molecule has 3 atom stereocenters. The van der Waals surface area contributed by atoms with E-state index < -0.39 is 0 Å². The van der Waals surface area contributed by atoms with E-state index in [4.69, 9.17) is 9.47 Å². The Hall–Kier alpha value is -2.69. The Morgan fingerprint density at radius 3 is 2.14 bits per heavy atom. The van der Waals surface area contributed by atoms with Crippen LogP contribution in [0.5, 0.6) is 23.0 Å². The lowest BCUT2D eigenvalue weighted by Crippen LogP contribution is -2.37. The highest BCUT2D eigenvalue weighted by atomic mass is 16.5. The maximum Gasteiger partial charge on any atom is 0.203 e. The Morgan fingerprint density at radius 1 is 0.905 bits per heavy atom. The minimum absolute atomic E-state index is 0.0867. The summed E-state index contributed by atoms with van der Waals surface area (Å²) in [6, 6.07) is 3.97. The number of phenols is 2. The van der Waals surface area contributed by atoms with E-state index in [-0.39, 0.29) is 35.1 Å². The van der Waals surface area contributed by atoms with Gasteiger partial charge in [-0.25, -0.2) is 0 Å². The van der Waals surface area contributed by atoms with Crippen LogP contribution in [0.3, 0.4) is 0 Å². The van der Waals surface area contributed by atoms with Gasteiger partial charge in [0.2, 0.25) is 5.78 Å². The highest BCUT2D eigenvalue weighted by Gasteiger charge is 2.34. The lowest BCUT2D eigenvalue weighted by atomic mass is 9.83. The van der Waals surface area contributed by atoms with Gasteiger partial charge in [-0.3, -0.25) is 4.79 Å². The molecule has 0 aliphatic carbocycles. The van der Waals surface area contributed by atoms with E-state index in [0.29, 0.717) is 5.75 Å². The van der Waals surface area contributed by atoms with Crippen LogP contribution >= 0.6 is 0 Å². The number of Topliss-reactive ketones (excluding diaryl/α,β-unsaturated/α-hetero) is 1. The molecule has 0 unspecified atom stereocenters. The first-order valence-corrected chi connectivity index (χ1v) is 16.3. The number of carbonyl (C=O) groups excluding carboxylic acids is 1. The van der Waals surface area contributed by atoms with Crippen molar-refractivity contribution in [1.29, 1.82) is 0 Å². The number of phenolic OH excluding ortho intramolecular Hbond substituents is 2. The molecule has 2 N–H and O–H groups in total. The highest BCUT2D eigenvalue weighted by Crippen LogP contribution is 2.45. The smallest absolute Gasteiger partial charge is 0.203 e. The molecule has 234 valence electrons. The van der Waals surface area contributed by atoms with Gasteiger partial charge in [0.05, 0.1) is 5.56 Å². The van der Waals surface area contributed by atoms with Gasteiger partial charge in [-0.05, 0) is 100.0 Å². The standard InChI is InChI=1S/C37H56O5/c1-24(2)12-9-13-25(3)14-10-15-26(4)16-11-20-37(8)21-19-31-29(7)35(27(5)28(6)36(31)42-37)41-23-34(40)32-18-17-30(38)22-33(32)39/h17-18,22,24-26,38-39H,9-16,19-21,23H2,1-8H3/t25-,26-,37+/m0/s1. The summed E-state index contributed by atoms with van der Waals surface area (Å²) in [6.07, 6.45) is 13.5. The number of carbonyl (C=O) groups is 1. The van der Waals surface area contributed by atoms with Crippen LogP contribution in [0.4, 0.5) is 0 Å². The van der Waals surface area contributed by atoms with Crippen molar-refractivity contribution < 1.29 is 24.5 Å². The van der Waals surface area contributed by atoms with Gasteiger partial charge in [0.25, 0.3) is 0 Å². The molecule has 0 saturated heterocycles. The second-order valence-corrected chi connectivity index (χ2v) is 13.8. The molecule has 5 nitrogen and oxygen atoms in total. The molecular formula is C37H56O5. The highest BCUT2D eigenvalue weighted by molar-refractivity contribution is 5.99. The maximum absolute atomic E-state index is 12.7. The Labute approximate surface area is 255 Å². The predicted molar refractivity (Wildman–Crippen MR) is 172 cm³/mol. The maximum atomic E-state index is 12.7. The van der Waals surface area contributed by atoms with Crippen molar-refractivity contribution >= 4 is 5.78 Å². The van der Waals surface area contributed by atoms with Crippen molar-refractivity contribution in [3.8, 4) is 23.0 Å². The summed E-state index contributed by atoms with van der Waals surface area (Å²) in [6.45, 7) is 17.7. The Kier molecular flexibility index (Phi) is 12.2. The predicted octanol–water partition coefficient (Wildman–Crippen LogP) is 9.81. The summed E-state index contributed by atoms with van der Waals surface area (Å²) in [7, 11) is 0. The van der Waals surface area contributed by atoms with Crippen molar-refractivity contribution in [2.24, 2.45) is 17.8 Å². The summed E-state index contributed by atoms with van der Waals surface area (Å²) in [5, 5.41) is 19.6. The van der Waals surface area contributed by atoms with Crippen LogP contribution in [-0.2, 0) is 6.42 Å². The zero-order valence-corrected chi connectivity index (χ0v) is 27.6. The van der Waals surface area contributed by atoms with Gasteiger partial charge in [0.1, 0.15) is 28.6 Å². The minimum atomic E-state index is -0.337. The lowest BCUT2D eigenvalue weighted by Gasteiger charge is -2.38. The third kappa shape index (κ3) is 9.15. The Balaban J connectivity index is 1.52. The summed E-state index contributed by atoms with van der Waals surface area (Å²) in [4.78, 5) is 12.7. The van der Waals surface area contributed by atoms with Gasteiger partial charge in [-0.1, -0.05) is 72.6 Å². The fourth-order valence-corrected chi connectivity index (χ4v) is 6.45. The second-order valence-electron chi connectivity index (χ2n) is 13.8. The monoisotopic (exact) mass is 580 g/mol. The first-order valence-electron chi connectivity index (χ1n) is 16.3. The molecule has 2 aromatic rings. The normalized spacial score (nSPS) is 17.9. The van der Waals surface area contributed by atoms with E-state index in [1.807, 2.05) is 13.8 Å². The molecule has 3 rings (SSSR count). The molecule has 2 aromatic carbocycles. The first kappa shape index (κ1) is 33.8. The van der Waals surface area contributed by atoms with E-state index >= 15 is 0 Å². The van der Waals surface area contributed by atoms with Gasteiger partial charge < -0.3 is 19.7 Å². The molecule has 1 aliphatic heterocycles. The van der Waals surface area contributed by atoms with Crippen LogP contribution < -0.4 is 9.47 Å². The first-order chi connectivity index (χ1) is 19.8. The van der Waals surface area contributed by atoms with Crippen molar-refractivity contribution in [2.75, 3.05) is 6.61 Å². The number of hydrogen-bond donors (Lipinski definition) is 2. The number of rotatable bonds is 16. The number of benzene rings is 2. The van der Waals surface area contributed by atoms with E-state index in [1.165, 1.54) is 75.1 Å². The minimum Gasteiger partial charge on any atom is -0.508 e. The zero-order valence-electron chi connectivity index (χ0n) is 27.6. The van der Waals surface area contributed by atoms with Crippen LogP contribution in [0.2, 0.25) is 0 Å². The largest absolute Gasteiger partial charge is 0.508 e. The number of fused-ring (bicyclic) bond motifs is 1. The van der Waals surface area contributed by atoms with Gasteiger partial charge >= 0.3 is 0 Å². The molecule has 42 heavy (non-hydrogen) atoms. The topological polar surface area (TPSA) is 76.0 Å². The molecule has 0 saturated carbocycles. The quantitative estimate of drug-likeness (QED) is 0.193. The van der Waals surface area contributed by atoms with Gasteiger partial charge in [-0.2, -0.15) is 0 Å². The van der Waals surface area contributed by atoms with E-state index in [0.717, 1.165) is 59.5 Å². The van der Waals surface area contributed by atoms with Crippen LogP contribution in [0.1, 0.15) is 131 Å². The van der Waals surface area contributed by atoms with Crippen molar-refractivity contribution in [3.63, 3.8) is 0 Å². The zero-order chi connectivity index (χ0) is 31.0. The summed E-state index contributed by atoms with van der Waals surface area (Å²) in [5.74, 6) is 3.45. The van der Waals surface area contributed by atoms with Gasteiger partial charge in [0, 0.05) is 11.6 Å². The number of hydrogen-bond acceptors (Lipinski definition) is 5. The molecule has 1 aliphatic rings. The van der Waals surface area contributed by atoms with Crippen LogP contribution in [0.25, 0.3) is 0 Å². The molecule has 0 radical (unpaired) electrons. The average molecular weight is 581 g/mol. The van der Waals surface area contributed by atoms with Crippen LogP contribution in [0, 0.1) is 38.5 Å². The lowest BCUT2D eigenvalue weighted by molar-refractivity contribution is 0.0511. The third-order valence-electron chi connectivity index (χ3n) is 9.47. The number of aromatic hydroxyl groups is 2. The van der Waals surface area contributed by atoms with Crippen molar-refractivity contribution in [3.05, 3.63) is 46.0 Å². The SMILES string of the molecule is Cc1c(C)c2c(c(C)c1OCC(=O)c1ccc(O)cc1O)CC[C@@](C)(CCC[C@@H](C)CCC[C@@H](C)CCCC(C)C)O2. The van der Waals surface area contributed by atoms with E-state index in [1.54, 1.807) is 0 Å². The molecular weight excluding hydrogens is 524 g/mol. The molecule has 1 heterocycles. The molecule has 0 aromatic heterocycles. The van der Waals surface area contributed by atoms with Crippen molar-refractivity contribution in [1.82, 2.24) is 0 Å². The summed E-state index contributed by atoms with van der Waals surface area (Å²) >= 11 is 0. The summed E-state index contributed by atoms with van der Waals surface area (Å²) < 4.78 is 12.8. The van der Waals surface area contributed by atoms with E-state index in [2.05, 4.69) is 41.5 Å². The van der Waals surface area contributed by atoms with E-state index in [9.17, 15) is 15.0 Å². The molecule has 5 heteroatoms. The number of ether oxygens (including phenoxy) is 2. The second kappa shape index (κ2) is 15.2. The van der Waals surface area contributed by atoms with Crippen LogP contribution in [-0.4, -0.2) is 28.2 Å². The van der Waals surface area contributed by atoms with Gasteiger partial charge in [-0.15, -0.1) is 0 Å². The third-order valence-corrected chi connectivity index (χ3v) is 9.47. The fourth-order valence-electron chi connectivity index (χ4n) is 6.45. The molecule has 0 spiro atoms. The molecule has 0 amide bonds. The number of ketones is 1.